The van der Waals surface area contributed by atoms with Crippen LogP contribution in [0.5, 0.6) is 17.2 Å². The molecule has 1 unspecified atom stereocenters. The van der Waals surface area contributed by atoms with E-state index in [0.29, 0.717) is 50.2 Å². The number of benzene rings is 6. The molecule has 0 amide bonds. The third-order valence-corrected chi connectivity index (χ3v) is 26.0. The first-order chi connectivity index (χ1) is 48.4. The van der Waals surface area contributed by atoms with Crippen molar-refractivity contribution in [1.82, 2.24) is 39.9 Å². The van der Waals surface area contributed by atoms with Crippen molar-refractivity contribution in [3.05, 3.63) is 121 Å². The van der Waals surface area contributed by atoms with Crippen LogP contribution < -0.4 is 30.7 Å². The molecule has 0 radical (unpaired) electrons. The molecule has 5 N–H and O–H groups in total. The van der Waals surface area contributed by atoms with Gasteiger partial charge >= 0.3 is 17.9 Å². The van der Waals surface area contributed by atoms with Gasteiger partial charge in [0.25, 0.3) is 0 Å². The molecule has 0 saturated heterocycles. The molecular weight excluding hydrogens is 1510 g/mol. The van der Waals surface area contributed by atoms with Crippen LogP contribution in [0.2, 0.25) is 0 Å². The van der Waals surface area contributed by atoms with Crippen LogP contribution in [-0.4, -0.2) is 147 Å². The fourth-order valence-corrected chi connectivity index (χ4v) is 15.8. The minimum Gasteiger partial charge on any atom is -0.507 e. The van der Waals surface area contributed by atoms with E-state index < -0.39 is 67.9 Å². The summed E-state index contributed by atoms with van der Waals surface area (Å²) in [6.45, 7) is 19.1. The molecule has 0 aliphatic carbocycles. The van der Waals surface area contributed by atoms with E-state index in [0.717, 1.165) is 49.1 Å². The molecule has 1 aliphatic heterocycles. The lowest BCUT2D eigenvalue weighted by molar-refractivity contribution is -0.148. The Morgan fingerprint density at radius 3 is 1.23 bits per heavy atom. The van der Waals surface area contributed by atoms with Gasteiger partial charge in [-0.3, -0.25) is 4.79 Å². The van der Waals surface area contributed by atoms with E-state index >= 15 is 0 Å². The number of halogens is 1. The summed E-state index contributed by atoms with van der Waals surface area (Å²) < 4.78 is 104. The van der Waals surface area contributed by atoms with E-state index in [2.05, 4.69) is 81.8 Å². The number of ether oxygens (including phenoxy) is 5. The number of aromatic nitrogens is 8. The van der Waals surface area contributed by atoms with Crippen molar-refractivity contribution in [2.45, 2.75) is 134 Å². The SMILES string of the molecule is CC(C)(C)S(=O)(=O)c1cc2c(Nc3ccc4c(c3)NCS4)ncnc2cc1O.COC(=O)C(C)Br.COC(=O)[C@@H](C)Oc1cc2ncnc(Nc3ccc4scnc4c3)c2cc1S(=O)(=O)C(C)(C)C.COC(=O)[C@H](C)Oc1cc2ncnc(Nc3ccc4scnc4c3)c2cc1S(=O)(=O)C(C)(C)C. The number of phenols is 1. The summed E-state index contributed by atoms with van der Waals surface area (Å²) in [6.07, 6.45) is 2.10. The summed E-state index contributed by atoms with van der Waals surface area (Å²) in [5, 5.41) is 24.8. The molecule has 3 atom stereocenters. The number of methoxy groups -OCH3 is 3. The highest BCUT2D eigenvalue weighted by molar-refractivity contribution is 9.10. The number of hydrogen-bond donors (Lipinski definition) is 5. The Labute approximate surface area is 615 Å². The highest BCUT2D eigenvalue weighted by atomic mass is 79.9. The average molecular weight is 1580 g/mol. The zero-order chi connectivity index (χ0) is 75.3. The van der Waals surface area contributed by atoms with Crippen molar-refractivity contribution < 1.29 is 68.4 Å². The number of thiazole rings is 2. The van der Waals surface area contributed by atoms with E-state index in [1.807, 2.05) is 54.6 Å². The number of carbonyl (C=O) groups is 3. The Hall–Kier alpha value is -9.19. The van der Waals surface area contributed by atoms with Gasteiger partial charge in [-0.05, 0) is 156 Å². The number of rotatable bonds is 16. The molecule has 0 bridgehead atoms. The number of hydrogen-bond acceptors (Lipinski definition) is 30. The van der Waals surface area contributed by atoms with Crippen molar-refractivity contribution >= 4 is 191 Å². The minimum atomic E-state index is -3.86. The Balaban J connectivity index is 0.000000172. The van der Waals surface area contributed by atoms with Gasteiger partial charge in [-0.15, -0.1) is 34.4 Å². The smallest absolute Gasteiger partial charge is 0.346 e. The molecule has 6 aromatic carbocycles. The predicted octanol–water partition coefficient (Wildman–Crippen LogP) is 14.1. The molecule has 544 valence electrons. The Morgan fingerprint density at radius 2 is 0.854 bits per heavy atom. The van der Waals surface area contributed by atoms with E-state index in [4.69, 9.17) is 18.9 Å². The molecule has 11 aromatic rings. The third-order valence-electron chi connectivity index (χ3n) is 15.5. The third kappa shape index (κ3) is 17.6. The number of thioether (sulfide) groups is 1. The number of sulfone groups is 3. The van der Waals surface area contributed by atoms with E-state index in [9.17, 15) is 44.7 Å². The van der Waals surface area contributed by atoms with Crippen molar-refractivity contribution in [2.24, 2.45) is 0 Å². The summed E-state index contributed by atoms with van der Waals surface area (Å²) >= 11 is 7.85. The van der Waals surface area contributed by atoms with Crippen molar-refractivity contribution in [3.63, 3.8) is 0 Å². The van der Waals surface area contributed by atoms with Gasteiger partial charge < -0.3 is 50.1 Å². The standard InChI is InChI=1S/2C23H24N4O5S2.C19H20N4O3S2.C4H7BrO2/c2*1-13(22(28)31-5)32-18-10-16-15(9-20(18)34(29,30)23(2,3)4)21(25-11-24-16)27-14-6-7-19-17(8-14)26-12-33-19;1-19(2,3)28(25,26)17-7-12-13(8-15(17)24)20-9-21-18(12)23-11-4-5-16-14(6-11)22-10-27-16;1-3(5)4(6)7-2/h2*6-13H,1-5H3,(H,24,25,27);4-9,22,24H,10H2,1-3H3,(H,20,21,23);3H,1-2H3/t2*13-;;/m10../s1. The number of anilines is 7. The lowest BCUT2D eigenvalue weighted by atomic mass is 10.2. The maximum absolute atomic E-state index is 13.5. The fraction of sp³-hybridized carbons (Fsp3) is 0.319. The Bertz CT molecular complexity index is 5170. The van der Waals surface area contributed by atoms with Gasteiger partial charge in [0, 0.05) is 56.3 Å². The second-order valence-corrected chi connectivity index (χ2v) is 38.0. The van der Waals surface area contributed by atoms with E-state index in [1.165, 1.54) is 95.5 Å². The first-order valence-electron chi connectivity index (χ1n) is 31.4. The van der Waals surface area contributed by atoms with Crippen molar-refractivity contribution in [2.75, 3.05) is 48.5 Å². The maximum Gasteiger partial charge on any atom is 0.346 e. The van der Waals surface area contributed by atoms with Gasteiger partial charge in [0.05, 0.1) is 95.1 Å². The lowest BCUT2D eigenvalue weighted by Crippen LogP contribution is -2.30. The highest BCUT2D eigenvalue weighted by Gasteiger charge is 2.38. The number of aromatic hydroxyl groups is 1. The molecule has 103 heavy (non-hydrogen) atoms. The van der Waals surface area contributed by atoms with Gasteiger partial charge in [-0.1, -0.05) is 15.9 Å². The first kappa shape index (κ1) is 78.0. The van der Waals surface area contributed by atoms with Crippen molar-refractivity contribution in [1.29, 1.82) is 0 Å². The van der Waals surface area contributed by atoms with Gasteiger partial charge in [-0.2, -0.15) is 0 Å². The normalized spacial score (nSPS) is 13.3. The van der Waals surface area contributed by atoms with Crippen LogP contribution in [0.15, 0.2) is 141 Å². The monoisotopic (exact) mass is 1580 g/mol. The number of phenolic OH excluding ortho intramolecular Hbond substituents is 1. The molecule has 5 aromatic heterocycles. The summed E-state index contributed by atoms with van der Waals surface area (Å²) in [5.41, 5.74) is 9.95. The molecule has 0 fully saturated rings. The molecule has 0 saturated carbocycles. The lowest BCUT2D eigenvalue weighted by Gasteiger charge is -2.23. The van der Waals surface area contributed by atoms with Crippen molar-refractivity contribution in [3.8, 4) is 17.2 Å². The fourth-order valence-electron chi connectivity index (χ4n) is 9.62. The van der Waals surface area contributed by atoms with Crippen LogP contribution in [0, 0.1) is 0 Å². The van der Waals surface area contributed by atoms with Gasteiger partial charge in [0.2, 0.25) is 0 Å². The van der Waals surface area contributed by atoms with Crippen LogP contribution in [0.4, 0.5) is 40.2 Å². The number of esters is 3. The number of nitrogens with one attached hydrogen (secondary N) is 4. The average Bonchev–Trinajstić information content (AvgIpc) is 1.73. The van der Waals surface area contributed by atoms with Gasteiger partial charge in [0.15, 0.2) is 41.7 Å². The summed E-state index contributed by atoms with van der Waals surface area (Å²) in [5.74, 6) is 0.413. The molecule has 34 heteroatoms. The van der Waals surface area contributed by atoms with E-state index in [-0.39, 0.29) is 42.7 Å². The van der Waals surface area contributed by atoms with E-state index in [1.54, 1.807) is 115 Å². The molecule has 12 rings (SSSR count). The molecule has 27 nitrogen and oxygen atoms in total. The van der Waals surface area contributed by atoms with Crippen LogP contribution in [0.25, 0.3) is 53.1 Å². The van der Waals surface area contributed by atoms with Crippen LogP contribution in [-0.2, 0) is 58.1 Å². The van der Waals surface area contributed by atoms with Gasteiger partial charge in [-0.25, -0.2) is 74.7 Å². The largest absolute Gasteiger partial charge is 0.507 e. The number of carbonyl (C=O) groups excluding carboxylic acids is 3. The molecule has 1 aliphatic rings. The number of alkyl halides is 1. The zero-order valence-corrected chi connectivity index (χ0v) is 65.0. The Kier molecular flexibility index (Phi) is 23.8. The first-order valence-corrected chi connectivity index (χ1v) is 39.5. The highest BCUT2D eigenvalue weighted by Crippen LogP contribution is 2.42. The zero-order valence-electron chi connectivity index (χ0n) is 58.6. The second-order valence-electron chi connectivity index (χ2n) is 25.8. The molecular formula is C69H75BrN12O15S6. The van der Waals surface area contributed by atoms with Crippen LogP contribution in [0.3, 0.4) is 0 Å². The number of fused-ring (bicyclic) bond motifs is 6. The predicted molar refractivity (Wildman–Crippen MR) is 406 cm³/mol. The number of nitrogens with zero attached hydrogens (tertiary/aromatic N) is 8. The summed E-state index contributed by atoms with van der Waals surface area (Å²) in [7, 11) is -7.61. The van der Waals surface area contributed by atoms with Crippen LogP contribution in [0.1, 0.15) is 83.1 Å². The second kappa shape index (κ2) is 31.4. The van der Waals surface area contributed by atoms with Gasteiger partial charge in [0.1, 0.15) is 73.2 Å². The summed E-state index contributed by atoms with van der Waals surface area (Å²) in [4.78, 5) is 69.2. The summed E-state index contributed by atoms with van der Waals surface area (Å²) in [6, 6.07) is 26.2. The molecule has 6 heterocycles. The molecule has 0 spiro atoms. The quantitative estimate of drug-likeness (QED) is 0.0341. The topological polar surface area (TPSA) is 371 Å². The maximum atomic E-state index is 13.5. The Morgan fingerprint density at radius 1 is 0.485 bits per heavy atom. The van der Waals surface area contributed by atoms with Crippen LogP contribution >= 0.6 is 50.4 Å². The minimum absolute atomic E-state index is 0.0221.